The molecule has 1 saturated carbocycles. The average Bonchev–Trinajstić information content (AvgIpc) is 2.30. The number of hydrogen-bond donors (Lipinski definition) is 0. The van der Waals surface area contributed by atoms with Crippen LogP contribution in [0.1, 0.15) is 26.7 Å². The number of hydrogen-bond acceptors (Lipinski definition) is 2. The van der Waals surface area contributed by atoms with Crippen molar-refractivity contribution in [2.45, 2.75) is 26.7 Å². The minimum Gasteiger partial charge on any atom is -0.300 e. The van der Waals surface area contributed by atoms with Crippen molar-refractivity contribution in [3.8, 4) is 6.07 Å². The summed E-state index contributed by atoms with van der Waals surface area (Å²) in [5.41, 5.74) is 0. The van der Waals surface area contributed by atoms with Crippen LogP contribution < -0.4 is 0 Å². The van der Waals surface area contributed by atoms with Crippen molar-refractivity contribution in [2.75, 3.05) is 0 Å². The lowest BCUT2D eigenvalue weighted by Crippen LogP contribution is -2.17. The molecule has 2 nitrogen and oxygen atoms in total. The van der Waals surface area contributed by atoms with Crippen LogP contribution in [-0.2, 0) is 4.79 Å². The molecule has 0 aromatic heterocycles. The van der Waals surface area contributed by atoms with Crippen LogP contribution in [0, 0.1) is 29.1 Å². The molecule has 1 aliphatic rings. The van der Waals surface area contributed by atoms with Crippen molar-refractivity contribution >= 4 is 5.78 Å². The Hall–Kier alpha value is -0.840. The monoisotopic (exact) mass is 151 g/mol. The van der Waals surface area contributed by atoms with Crippen LogP contribution in [-0.4, -0.2) is 5.78 Å². The van der Waals surface area contributed by atoms with E-state index in [-0.39, 0.29) is 17.6 Å². The summed E-state index contributed by atoms with van der Waals surface area (Å²) in [6, 6.07) is 2.22. The molecule has 3 atom stereocenters. The van der Waals surface area contributed by atoms with Crippen molar-refractivity contribution in [1.29, 1.82) is 5.26 Å². The smallest absolute Gasteiger partial charge is 0.134 e. The maximum Gasteiger partial charge on any atom is 0.134 e. The minimum atomic E-state index is -0.0208. The molecule has 0 heterocycles. The molecule has 60 valence electrons. The Morgan fingerprint density at radius 3 is 2.55 bits per heavy atom. The van der Waals surface area contributed by atoms with E-state index in [0.29, 0.717) is 5.92 Å². The second-order valence-electron chi connectivity index (χ2n) is 3.43. The predicted molar refractivity (Wildman–Crippen MR) is 41.7 cm³/mol. The topological polar surface area (TPSA) is 40.9 Å². The Morgan fingerprint density at radius 1 is 1.55 bits per heavy atom. The van der Waals surface area contributed by atoms with Gasteiger partial charge in [0.1, 0.15) is 5.78 Å². The molecule has 1 rings (SSSR count). The van der Waals surface area contributed by atoms with Crippen LogP contribution >= 0.6 is 0 Å². The molecular weight excluding hydrogens is 138 g/mol. The third-order valence-electron chi connectivity index (χ3n) is 2.65. The highest BCUT2D eigenvalue weighted by molar-refractivity contribution is 5.79. The summed E-state index contributed by atoms with van der Waals surface area (Å²) in [5.74, 6) is 0.595. The van der Waals surface area contributed by atoms with E-state index < -0.39 is 0 Å². The van der Waals surface area contributed by atoms with Crippen molar-refractivity contribution in [1.82, 2.24) is 0 Å². The molecule has 0 radical (unpaired) electrons. The van der Waals surface area contributed by atoms with E-state index in [0.717, 1.165) is 12.8 Å². The van der Waals surface area contributed by atoms with Crippen LogP contribution in [0.5, 0.6) is 0 Å². The number of ketones is 1. The molecule has 0 aliphatic heterocycles. The van der Waals surface area contributed by atoms with Gasteiger partial charge in [0.05, 0.1) is 12.0 Å². The average molecular weight is 151 g/mol. The van der Waals surface area contributed by atoms with Crippen LogP contribution in [0.2, 0.25) is 0 Å². The van der Waals surface area contributed by atoms with Crippen LogP contribution in [0.4, 0.5) is 0 Å². The molecule has 0 N–H and O–H groups in total. The van der Waals surface area contributed by atoms with E-state index in [1.54, 1.807) is 6.92 Å². The number of rotatable bonds is 1. The second-order valence-corrected chi connectivity index (χ2v) is 3.43. The second kappa shape index (κ2) is 3.04. The van der Waals surface area contributed by atoms with E-state index in [9.17, 15) is 4.79 Å². The number of Topliss-reactive ketones (excluding diaryl/α,β-unsaturated/α-hetero) is 1. The van der Waals surface area contributed by atoms with Gasteiger partial charge in [-0.15, -0.1) is 0 Å². The first-order valence-electron chi connectivity index (χ1n) is 4.07. The Balaban J connectivity index is 2.71. The number of nitrogens with zero attached hydrogens (tertiary/aromatic N) is 1. The van der Waals surface area contributed by atoms with Gasteiger partial charge in [0.2, 0.25) is 0 Å². The highest BCUT2D eigenvalue weighted by Crippen LogP contribution is 2.36. The first kappa shape index (κ1) is 8.26. The van der Waals surface area contributed by atoms with Crippen LogP contribution in [0.25, 0.3) is 0 Å². The molecule has 3 unspecified atom stereocenters. The summed E-state index contributed by atoms with van der Waals surface area (Å²) in [6.45, 7) is 3.64. The number of carbonyl (C=O) groups excluding carboxylic acids is 1. The quantitative estimate of drug-likeness (QED) is 0.573. The summed E-state index contributed by atoms with van der Waals surface area (Å²) in [5, 5.41) is 8.75. The maximum absolute atomic E-state index is 11.0. The van der Waals surface area contributed by atoms with Crippen molar-refractivity contribution in [2.24, 2.45) is 17.8 Å². The van der Waals surface area contributed by atoms with Gasteiger partial charge in [0.25, 0.3) is 0 Å². The Labute approximate surface area is 67.2 Å². The zero-order valence-corrected chi connectivity index (χ0v) is 7.00. The molecule has 0 saturated heterocycles. The normalized spacial score (nSPS) is 36.6. The molecule has 1 fully saturated rings. The molecule has 0 aromatic carbocycles. The van der Waals surface area contributed by atoms with Gasteiger partial charge in [-0.3, -0.25) is 4.79 Å². The van der Waals surface area contributed by atoms with E-state index in [4.69, 9.17) is 5.26 Å². The molecule has 0 bridgehead atoms. The zero-order chi connectivity index (χ0) is 8.43. The fourth-order valence-electron chi connectivity index (χ4n) is 1.87. The Bertz CT molecular complexity index is 204. The summed E-state index contributed by atoms with van der Waals surface area (Å²) in [6.07, 6.45) is 1.94. The SMILES string of the molecule is CC(=O)C1CCC(C)C1C#N. The molecular formula is C9H13NO. The lowest BCUT2D eigenvalue weighted by atomic mass is 9.89. The molecule has 0 amide bonds. The van der Waals surface area contributed by atoms with Gasteiger partial charge in [0, 0.05) is 5.92 Å². The fraction of sp³-hybridized carbons (Fsp3) is 0.778. The maximum atomic E-state index is 11.0. The van der Waals surface area contributed by atoms with Gasteiger partial charge in [-0.05, 0) is 25.7 Å². The third kappa shape index (κ3) is 1.42. The van der Waals surface area contributed by atoms with Gasteiger partial charge < -0.3 is 0 Å². The van der Waals surface area contributed by atoms with E-state index in [1.165, 1.54) is 0 Å². The first-order chi connectivity index (χ1) is 5.16. The fourth-order valence-corrected chi connectivity index (χ4v) is 1.87. The molecule has 11 heavy (non-hydrogen) atoms. The van der Waals surface area contributed by atoms with Crippen LogP contribution in [0.15, 0.2) is 0 Å². The van der Waals surface area contributed by atoms with Crippen molar-refractivity contribution < 1.29 is 4.79 Å². The molecule has 2 heteroatoms. The molecule has 0 spiro atoms. The van der Waals surface area contributed by atoms with Gasteiger partial charge in [-0.25, -0.2) is 0 Å². The van der Waals surface area contributed by atoms with Gasteiger partial charge in [-0.2, -0.15) is 5.26 Å². The highest BCUT2D eigenvalue weighted by Gasteiger charge is 2.35. The Morgan fingerprint density at radius 2 is 2.18 bits per heavy atom. The zero-order valence-electron chi connectivity index (χ0n) is 7.00. The highest BCUT2D eigenvalue weighted by atomic mass is 16.1. The third-order valence-corrected chi connectivity index (χ3v) is 2.65. The summed E-state index contributed by atoms with van der Waals surface area (Å²) in [4.78, 5) is 11.0. The minimum absolute atomic E-state index is 0.0208. The standard InChI is InChI=1S/C9H13NO/c1-6-3-4-8(7(2)11)9(6)5-10/h6,8-9H,3-4H2,1-2H3. The van der Waals surface area contributed by atoms with Crippen molar-refractivity contribution in [3.05, 3.63) is 0 Å². The summed E-state index contributed by atoms with van der Waals surface area (Å²) >= 11 is 0. The van der Waals surface area contributed by atoms with E-state index in [1.807, 2.05) is 0 Å². The van der Waals surface area contributed by atoms with E-state index in [2.05, 4.69) is 13.0 Å². The Kier molecular flexibility index (Phi) is 2.28. The lowest BCUT2D eigenvalue weighted by Gasteiger charge is -2.11. The van der Waals surface area contributed by atoms with E-state index >= 15 is 0 Å². The van der Waals surface area contributed by atoms with Gasteiger partial charge in [-0.1, -0.05) is 6.92 Å². The van der Waals surface area contributed by atoms with Gasteiger partial charge in [0.15, 0.2) is 0 Å². The molecule has 0 aromatic rings. The predicted octanol–water partition coefficient (Wildman–Crippen LogP) is 1.76. The summed E-state index contributed by atoms with van der Waals surface area (Å²) < 4.78 is 0. The number of nitriles is 1. The number of carbonyl (C=O) groups is 1. The largest absolute Gasteiger partial charge is 0.300 e. The lowest BCUT2D eigenvalue weighted by molar-refractivity contribution is -0.121. The van der Waals surface area contributed by atoms with Crippen LogP contribution in [0.3, 0.4) is 0 Å². The van der Waals surface area contributed by atoms with Crippen molar-refractivity contribution in [3.63, 3.8) is 0 Å². The molecule has 1 aliphatic carbocycles. The van der Waals surface area contributed by atoms with Gasteiger partial charge >= 0.3 is 0 Å². The first-order valence-corrected chi connectivity index (χ1v) is 4.07. The summed E-state index contributed by atoms with van der Waals surface area (Å²) in [7, 11) is 0.